The highest BCUT2D eigenvalue weighted by Gasteiger charge is 2.20. The van der Waals surface area contributed by atoms with E-state index in [1.54, 1.807) is 0 Å². The SMILES string of the molecule is CNC(Cc1ccccn1)c1c(Br)cnn1C(C)C. The summed E-state index contributed by atoms with van der Waals surface area (Å²) in [6, 6.07) is 6.53. The van der Waals surface area contributed by atoms with E-state index in [1.165, 1.54) is 5.69 Å². The van der Waals surface area contributed by atoms with Gasteiger partial charge in [0.15, 0.2) is 0 Å². The van der Waals surface area contributed by atoms with Crippen LogP contribution in [0.3, 0.4) is 0 Å². The number of aromatic nitrogens is 3. The molecule has 0 aliphatic rings. The molecule has 0 aliphatic carbocycles. The number of rotatable bonds is 5. The zero-order valence-electron chi connectivity index (χ0n) is 11.5. The van der Waals surface area contributed by atoms with Crippen LogP contribution in [0.2, 0.25) is 0 Å². The summed E-state index contributed by atoms with van der Waals surface area (Å²) in [7, 11) is 1.97. The topological polar surface area (TPSA) is 42.7 Å². The Morgan fingerprint density at radius 1 is 1.37 bits per heavy atom. The molecule has 0 saturated carbocycles. The van der Waals surface area contributed by atoms with Crippen LogP contribution in [-0.2, 0) is 6.42 Å². The van der Waals surface area contributed by atoms with Gasteiger partial charge in [-0.15, -0.1) is 0 Å². The Morgan fingerprint density at radius 3 is 2.74 bits per heavy atom. The minimum atomic E-state index is 0.189. The summed E-state index contributed by atoms with van der Waals surface area (Å²) in [4.78, 5) is 4.40. The van der Waals surface area contributed by atoms with Crippen molar-refractivity contribution in [3.63, 3.8) is 0 Å². The summed E-state index contributed by atoms with van der Waals surface area (Å²) < 4.78 is 3.09. The van der Waals surface area contributed by atoms with E-state index >= 15 is 0 Å². The number of hydrogen-bond acceptors (Lipinski definition) is 3. The van der Waals surface area contributed by atoms with E-state index in [0.29, 0.717) is 6.04 Å². The molecule has 2 aromatic rings. The van der Waals surface area contributed by atoms with E-state index in [2.05, 4.69) is 45.2 Å². The van der Waals surface area contributed by atoms with Crippen LogP contribution in [0.15, 0.2) is 35.1 Å². The molecule has 0 saturated heterocycles. The highest BCUT2D eigenvalue weighted by molar-refractivity contribution is 9.10. The van der Waals surface area contributed by atoms with Gasteiger partial charge in [-0.2, -0.15) is 5.10 Å². The van der Waals surface area contributed by atoms with Gasteiger partial charge in [-0.3, -0.25) is 9.67 Å². The number of nitrogens with one attached hydrogen (secondary N) is 1. The first-order valence-corrected chi connectivity index (χ1v) is 7.22. The zero-order valence-corrected chi connectivity index (χ0v) is 13.1. The van der Waals surface area contributed by atoms with Gasteiger partial charge in [0, 0.05) is 24.4 Å². The standard InChI is InChI=1S/C14H19BrN4/c1-10(2)19-14(12(15)9-18-19)13(16-3)8-11-6-4-5-7-17-11/h4-7,9-10,13,16H,8H2,1-3H3. The van der Waals surface area contributed by atoms with Gasteiger partial charge in [0.1, 0.15) is 0 Å². The lowest BCUT2D eigenvalue weighted by molar-refractivity contribution is 0.457. The lowest BCUT2D eigenvalue weighted by Gasteiger charge is -2.20. The average molecular weight is 323 g/mol. The molecule has 2 rings (SSSR count). The molecule has 2 heterocycles. The molecule has 4 nitrogen and oxygen atoms in total. The monoisotopic (exact) mass is 322 g/mol. The van der Waals surface area contributed by atoms with Crippen LogP contribution in [0.5, 0.6) is 0 Å². The van der Waals surface area contributed by atoms with Crippen molar-refractivity contribution in [2.45, 2.75) is 32.4 Å². The molecule has 0 spiro atoms. The summed E-state index contributed by atoms with van der Waals surface area (Å²) in [5.41, 5.74) is 2.24. The van der Waals surface area contributed by atoms with Crippen molar-refractivity contribution in [1.29, 1.82) is 0 Å². The lowest BCUT2D eigenvalue weighted by Crippen LogP contribution is -2.24. The Morgan fingerprint density at radius 2 is 2.16 bits per heavy atom. The van der Waals surface area contributed by atoms with Crippen molar-refractivity contribution in [3.05, 3.63) is 46.5 Å². The molecule has 102 valence electrons. The number of hydrogen-bond donors (Lipinski definition) is 1. The van der Waals surface area contributed by atoms with Crippen molar-refractivity contribution in [1.82, 2.24) is 20.1 Å². The largest absolute Gasteiger partial charge is 0.311 e. The maximum atomic E-state index is 4.44. The molecule has 0 aliphatic heterocycles. The van der Waals surface area contributed by atoms with Gasteiger partial charge in [-0.05, 0) is 49.0 Å². The molecule has 19 heavy (non-hydrogen) atoms. The average Bonchev–Trinajstić information content (AvgIpc) is 2.79. The molecular formula is C14H19BrN4. The maximum Gasteiger partial charge on any atom is 0.0702 e. The number of pyridine rings is 1. The van der Waals surface area contributed by atoms with Crippen LogP contribution in [0.4, 0.5) is 0 Å². The van der Waals surface area contributed by atoms with Crippen LogP contribution in [-0.4, -0.2) is 21.8 Å². The molecule has 0 fully saturated rings. The van der Waals surface area contributed by atoms with E-state index in [-0.39, 0.29) is 6.04 Å². The Kier molecular flexibility index (Phi) is 4.71. The second kappa shape index (κ2) is 6.30. The molecule has 1 atom stereocenters. The van der Waals surface area contributed by atoms with Gasteiger partial charge in [-0.1, -0.05) is 6.07 Å². The first kappa shape index (κ1) is 14.2. The maximum absolute atomic E-state index is 4.44. The molecule has 0 amide bonds. The number of halogens is 1. The first-order chi connectivity index (χ1) is 9.13. The van der Waals surface area contributed by atoms with Gasteiger partial charge < -0.3 is 5.32 Å². The molecule has 2 aromatic heterocycles. The third-order valence-corrected chi connectivity index (χ3v) is 3.71. The molecule has 0 radical (unpaired) electrons. The Hall–Kier alpha value is -1.20. The molecule has 1 unspecified atom stereocenters. The Labute approximate surface area is 122 Å². The van der Waals surface area contributed by atoms with E-state index < -0.39 is 0 Å². The summed E-state index contributed by atoms with van der Waals surface area (Å²) in [5.74, 6) is 0. The van der Waals surface area contributed by atoms with Crippen LogP contribution in [0.1, 0.15) is 37.3 Å². The fourth-order valence-electron chi connectivity index (χ4n) is 2.15. The zero-order chi connectivity index (χ0) is 13.8. The van der Waals surface area contributed by atoms with Crippen LogP contribution >= 0.6 is 15.9 Å². The molecule has 1 N–H and O–H groups in total. The van der Waals surface area contributed by atoms with Gasteiger partial charge >= 0.3 is 0 Å². The van der Waals surface area contributed by atoms with E-state index in [9.17, 15) is 0 Å². The van der Waals surface area contributed by atoms with Gasteiger partial charge in [-0.25, -0.2) is 0 Å². The smallest absolute Gasteiger partial charge is 0.0702 e. The Bertz CT molecular complexity index is 521. The fraction of sp³-hybridized carbons (Fsp3) is 0.429. The minimum absolute atomic E-state index is 0.189. The fourth-order valence-corrected chi connectivity index (χ4v) is 2.70. The van der Waals surface area contributed by atoms with E-state index in [1.807, 2.05) is 42.3 Å². The minimum Gasteiger partial charge on any atom is -0.311 e. The summed E-state index contributed by atoms with van der Waals surface area (Å²) in [6.45, 7) is 4.27. The van der Waals surface area contributed by atoms with E-state index in [0.717, 1.165) is 16.6 Å². The second-order valence-corrected chi connectivity index (χ2v) is 5.64. The summed E-state index contributed by atoms with van der Waals surface area (Å²) in [5, 5.41) is 7.79. The normalized spacial score (nSPS) is 12.9. The number of nitrogens with zero attached hydrogens (tertiary/aromatic N) is 3. The third-order valence-electron chi connectivity index (χ3n) is 3.09. The predicted molar refractivity (Wildman–Crippen MR) is 80.1 cm³/mol. The summed E-state index contributed by atoms with van der Waals surface area (Å²) in [6.07, 6.45) is 4.53. The molecular weight excluding hydrogens is 304 g/mol. The second-order valence-electron chi connectivity index (χ2n) is 4.78. The molecule has 5 heteroatoms. The number of likely N-dealkylation sites (N-methyl/N-ethyl adjacent to an activating group) is 1. The predicted octanol–water partition coefficient (Wildman–Crippen LogP) is 3.12. The van der Waals surface area contributed by atoms with Gasteiger partial charge in [0.2, 0.25) is 0 Å². The van der Waals surface area contributed by atoms with Crippen molar-refractivity contribution >= 4 is 15.9 Å². The quantitative estimate of drug-likeness (QED) is 0.919. The van der Waals surface area contributed by atoms with Crippen molar-refractivity contribution in [3.8, 4) is 0 Å². The highest BCUT2D eigenvalue weighted by Crippen LogP contribution is 2.27. The first-order valence-electron chi connectivity index (χ1n) is 6.43. The van der Waals surface area contributed by atoms with Crippen LogP contribution in [0.25, 0.3) is 0 Å². The van der Waals surface area contributed by atoms with Crippen LogP contribution < -0.4 is 5.32 Å². The molecule has 0 aromatic carbocycles. The van der Waals surface area contributed by atoms with Crippen molar-refractivity contribution in [2.75, 3.05) is 7.05 Å². The van der Waals surface area contributed by atoms with Gasteiger partial charge in [0.05, 0.1) is 22.4 Å². The molecule has 0 bridgehead atoms. The van der Waals surface area contributed by atoms with Crippen molar-refractivity contribution in [2.24, 2.45) is 0 Å². The van der Waals surface area contributed by atoms with Crippen molar-refractivity contribution < 1.29 is 0 Å². The Balaban J connectivity index is 2.29. The summed E-state index contributed by atoms with van der Waals surface area (Å²) >= 11 is 3.60. The third kappa shape index (κ3) is 3.22. The van der Waals surface area contributed by atoms with Gasteiger partial charge in [0.25, 0.3) is 0 Å². The van der Waals surface area contributed by atoms with E-state index in [4.69, 9.17) is 0 Å². The highest BCUT2D eigenvalue weighted by atomic mass is 79.9. The van der Waals surface area contributed by atoms with Crippen LogP contribution in [0, 0.1) is 0 Å². The lowest BCUT2D eigenvalue weighted by atomic mass is 10.1.